The van der Waals surface area contributed by atoms with E-state index in [9.17, 15) is 14.4 Å². The molecule has 0 bridgehead atoms. The molecule has 0 unspecified atom stereocenters. The first-order valence-electron chi connectivity index (χ1n) is 16.2. The number of hydrogen-bond acceptors (Lipinski definition) is 4. The number of benzene rings is 1. The van der Waals surface area contributed by atoms with Crippen LogP contribution in [0.25, 0.3) is 0 Å². The molecule has 0 aromatic heterocycles. The third kappa shape index (κ3) is 6.72. The highest BCUT2D eigenvalue weighted by molar-refractivity contribution is 6.00. The fourth-order valence-electron chi connectivity index (χ4n) is 7.55. The van der Waals surface area contributed by atoms with Gasteiger partial charge in [0.05, 0.1) is 0 Å². The molecular formula is C33H50N4O3. The van der Waals surface area contributed by atoms with Crippen LogP contribution in [-0.2, 0) is 16.1 Å². The predicted octanol–water partition coefficient (Wildman–Crippen LogP) is 5.18. The molecule has 4 fully saturated rings. The molecule has 5 rings (SSSR count). The Morgan fingerprint density at radius 3 is 2.25 bits per heavy atom. The minimum Gasteiger partial charge on any atom is -0.349 e. The number of rotatable bonds is 9. The second-order valence-electron chi connectivity index (χ2n) is 12.9. The van der Waals surface area contributed by atoms with Gasteiger partial charge in [-0.25, -0.2) is 0 Å². The molecule has 1 spiro atoms. The number of likely N-dealkylation sites (tertiary alicyclic amines) is 1. The minimum atomic E-state index is -0.715. The van der Waals surface area contributed by atoms with Gasteiger partial charge in [-0.2, -0.15) is 0 Å². The Bertz CT molecular complexity index is 1010. The summed E-state index contributed by atoms with van der Waals surface area (Å²) >= 11 is 0. The zero-order chi connectivity index (χ0) is 28.0. The quantitative estimate of drug-likeness (QED) is 0.444. The number of unbranched alkanes of at least 4 members (excludes halogenated alkanes) is 1. The fraction of sp³-hybridized carbons (Fsp3) is 0.727. The molecule has 7 heteroatoms. The smallest absolute Gasteiger partial charge is 0.251 e. The summed E-state index contributed by atoms with van der Waals surface area (Å²) in [5.74, 6) is 0.795. The van der Waals surface area contributed by atoms with Crippen molar-refractivity contribution < 1.29 is 14.4 Å². The van der Waals surface area contributed by atoms with Gasteiger partial charge in [0.25, 0.3) is 5.91 Å². The molecule has 4 aliphatic rings. The van der Waals surface area contributed by atoms with Crippen LogP contribution in [0.15, 0.2) is 24.3 Å². The molecule has 220 valence electrons. The molecule has 3 amide bonds. The van der Waals surface area contributed by atoms with Crippen LogP contribution >= 0.6 is 0 Å². The summed E-state index contributed by atoms with van der Waals surface area (Å²) in [5, 5.41) is 6.41. The third-order valence-corrected chi connectivity index (χ3v) is 10.1. The lowest BCUT2D eigenvalue weighted by atomic mass is 9.79. The van der Waals surface area contributed by atoms with Gasteiger partial charge in [-0.3, -0.25) is 19.3 Å². The Balaban J connectivity index is 1.17. The Morgan fingerprint density at radius 1 is 0.950 bits per heavy atom. The summed E-state index contributed by atoms with van der Waals surface area (Å²) in [6.07, 6.45) is 16.1. The summed E-state index contributed by atoms with van der Waals surface area (Å²) < 4.78 is 0. The average Bonchev–Trinajstić information content (AvgIpc) is 2.98. The first-order chi connectivity index (χ1) is 19.5. The molecule has 2 saturated carbocycles. The lowest BCUT2D eigenvalue weighted by Crippen LogP contribution is -2.73. The first kappa shape index (κ1) is 29.1. The number of piperazine rings is 1. The zero-order valence-electron chi connectivity index (χ0n) is 24.6. The maximum Gasteiger partial charge on any atom is 0.251 e. The zero-order valence-corrected chi connectivity index (χ0v) is 24.6. The number of amides is 3. The standard InChI is InChI=1S/C33H50N4O3/c1-2-3-20-37-31(39)29(23-25-10-6-4-7-11-25)35-32(40)33(37)18-21-36(22-19-33)24-26-14-16-27(17-15-26)30(38)34-28-12-8-5-9-13-28/h14-17,25,28-29H,2-13,18-24H2,1H3,(H,34,38)(H,35,40)/t29-/m0/s1. The van der Waals surface area contributed by atoms with Crippen LogP contribution in [0, 0.1) is 5.92 Å². The van der Waals surface area contributed by atoms with Crippen molar-refractivity contribution in [3.8, 4) is 0 Å². The van der Waals surface area contributed by atoms with E-state index in [1.165, 1.54) is 56.9 Å². The highest BCUT2D eigenvalue weighted by Gasteiger charge is 2.53. The largest absolute Gasteiger partial charge is 0.349 e. The highest BCUT2D eigenvalue weighted by atomic mass is 16.2. The fourth-order valence-corrected chi connectivity index (χ4v) is 7.55. The van der Waals surface area contributed by atoms with E-state index >= 15 is 0 Å². The molecule has 2 heterocycles. The van der Waals surface area contributed by atoms with Crippen LogP contribution in [0.1, 0.15) is 119 Å². The second-order valence-corrected chi connectivity index (χ2v) is 12.9. The van der Waals surface area contributed by atoms with E-state index in [0.717, 1.165) is 57.3 Å². The Hall–Kier alpha value is -2.41. The van der Waals surface area contributed by atoms with E-state index in [0.29, 0.717) is 31.3 Å². The average molecular weight is 551 g/mol. The van der Waals surface area contributed by atoms with E-state index in [4.69, 9.17) is 0 Å². The van der Waals surface area contributed by atoms with Gasteiger partial charge in [0.15, 0.2) is 0 Å². The molecule has 2 aliphatic carbocycles. The molecule has 2 aliphatic heterocycles. The second kappa shape index (κ2) is 13.5. The number of nitrogens with zero attached hydrogens (tertiary/aromatic N) is 2. The van der Waals surface area contributed by atoms with Gasteiger partial charge in [-0.05, 0) is 62.1 Å². The predicted molar refractivity (Wildman–Crippen MR) is 158 cm³/mol. The van der Waals surface area contributed by atoms with Crippen LogP contribution in [0.3, 0.4) is 0 Å². The van der Waals surface area contributed by atoms with Gasteiger partial charge in [0, 0.05) is 37.8 Å². The summed E-state index contributed by atoms with van der Waals surface area (Å²) in [5.41, 5.74) is 1.18. The van der Waals surface area contributed by atoms with Gasteiger partial charge >= 0.3 is 0 Å². The lowest BCUT2D eigenvalue weighted by molar-refractivity contribution is -0.162. The van der Waals surface area contributed by atoms with Crippen molar-refractivity contribution in [1.82, 2.24) is 20.4 Å². The SMILES string of the molecule is CCCCN1C(=O)[C@H](CC2CCCCC2)NC(=O)C12CCN(Cc1ccc(C(=O)NC3CCCCC3)cc1)CC2. The van der Waals surface area contributed by atoms with Gasteiger partial charge < -0.3 is 15.5 Å². The Labute approximate surface area is 240 Å². The van der Waals surface area contributed by atoms with Crippen LogP contribution in [-0.4, -0.2) is 64.8 Å². The van der Waals surface area contributed by atoms with E-state index in [1.54, 1.807) is 0 Å². The molecule has 2 saturated heterocycles. The topological polar surface area (TPSA) is 81.8 Å². The molecule has 40 heavy (non-hydrogen) atoms. The lowest BCUT2D eigenvalue weighted by Gasteiger charge is -2.52. The number of nitrogens with one attached hydrogen (secondary N) is 2. The van der Waals surface area contributed by atoms with Crippen molar-refractivity contribution in [1.29, 1.82) is 0 Å². The monoisotopic (exact) mass is 550 g/mol. The molecule has 1 aromatic carbocycles. The van der Waals surface area contributed by atoms with E-state index in [-0.39, 0.29) is 23.8 Å². The Morgan fingerprint density at radius 2 is 1.60 bits per heavy atom. The van der Waals surface area contributed by atoms with Crippen molar-refractivity contribution in [3.05, 3.63) is 35.4 Å². The minimum absolute atomic E-state index is 0.0281. The maximum absolute atomic E-state index is 13.8. The van der Waals surface area contributed by atoms with Crippen molar-refractivity contribution >= 4 is 17.7 Å². The number of carbonyl (C=O) groups excluding carboxylic acids is 3. The number of carbonyl (C=O) groups is 3. The van der Waals surface area contributed by atoms with E-state index < -0.39 is 5.54 Å². The van der Waals surface area contributed by atoms with Gasteiger partial charge in [-0.1, -0.05) is 76.8 Å². The van der Waals surface area contributed by atoms with Crippen LogP contribution in [0.5, 0.6) is 0 Å². The molecule has 2 N–H and O–H groups in total. The number of hydrogen-bond donors (Lipinski definition) is 2. The van der Waals surface area contributed by atoms with Crippen LogP contribution < -0.4 is 10.6 Å². The van der Waals surface area contributed by atoms with Gasteiger partial charge in [0.1, 0.15) is 11.6 Å². The summed E-state index contributed by atoms with van der Waals surface area (Å²) in [7, 11) is 0. The van der Waals surface area contributed by atoms with E-state index in [2.05, 4.69) is 34.6 Å². The summed E-state index contributed by atoms with van der Waals surface area (Å²) in [6, 6.07) is 7.94. The van der Waals surface area contributed by atoms with Crippen molar-refractivity contribution in [2.45, 2.75) is 127 Å². The molecular weight excluding hydrogens is 500 g/mol. The molecule has 1 aromatic rings. The van der Waals surface area contributed by atoms with Gasteiger partial charge in [0.2, 0.25) is 11.8 Å². The van der Waals surface area contributed by atoms with Crippen molar-refractivity contribution in [2.24, 2.45) is 5.92 Å². The number of piperidine rings is 1. The van der Waals surface area contributed by atoms with Gasteiger partial charge in [-0.15, -0.1) is 0 Å². The highest BCUT2D eigenvalue weighted by Crippen LogP contribution is 2.36. The normalized spacial score (nSPS) is 24.7. The summed E-state index contributed by atoms with van der Waals surface area (Å²) in [4.78, 5) is 44.5. The summed E-state index contributed by atoms with van der Waals surface area (Å²) in [6.45, 7) is 5.17. The maximum atomic E-state index is 13.8. The third-order valence-electron chi connectivity index (χ3n) is 10.1. The van der Waals surface area contributed by atoms with Crippen molar-refractivity contribution in [3.63, 3.8) is 0 Å². The van der Waals surface area contributed by atoms with E-state index in [1.807, 2.05) is 17.0 Å². The Kier molecular flexibility index (Phi) is 9.82. The molecule has 1 atom stereocenters. The molecule has 0 radical (unpaired) electrons. The van der Waals surface area contributed by atoms with Crippen LogP contribution in [0.2, 0.25) is 0 Å². The first-order valence-corrected chi connectivity index (χ1v) is 16.2. The molecule has 7 nitrogen and oxygen atoms in total. The van der Waals surface area contributed by atoms with Crippen molar-refractivity contribution in [2.75, 3.05) is 19.6 Å². The van der Waals surface area contributed by atoms with Crippen LogP contribution in [0.4, 0.5) is 0 Å².